The second kappa shape index (κ2) is 5.61. The van der Waals surface area contributed by atoms with E-state index in [0.717, 1.165) is 34.4 Å². The lowest BCUT2D eigenvalue weighted by molar-refractivity contribution is 0.392. The van der Waals surface area contributed by atoms with Crippen molar-refractivity contribution in [2.24, 2.45) is 0 Å². The number of hydrogen-bond donors (Lipinski definition) is 1. The summed E-state index contributed by atoms with van der Waals surface area (Å²) in [6.45, 7) is 12.1. The van der Waals surface area contributed by atoms with Crippen LogP contribution in [-0.2, 0) is 0 Å². The second-order valence-electron chi connectivity index (χ2n) is 5.51. The lowest BCUT2D eigenvalue weighted by Crippen LogP contribution is -2.11. The molecule has 0 aliphatic carbocycles. The Labute approximate surface area is 119 Å². The van der Waals surface area contributed by atoms with Crippen molar-refractivity contribution in [3.8, 4) is 0 Å². The van der Waals surface area contributed by atoms with Gasteiger partial charge in [0.15, 0.2) is 0 Å². The van der Waals surface area contributed by atoms with Gasteiger partial charge >= 0.3 is 0 Å². The van der Waals surface area contributed by atoms with Crippen molar-refractivity contribution in [2.45, 2.75) is 53.5 Å². The summed E-state index contributed by atoms with van der Waals surface area (Å²) in [6, 6.07) is 2.05. The Morgan fingerprint density at radius 1 is 1.10 bits per heavy atom. The smallest absolute Gasteiger partial charge is 0.139 e. The fourth-order valence-electron chi connectivity index (χ4n) is 2.33. The molecule has 5 nitrogen and oxygen atoms in total. The second-order valence-corrected chi connectivity index (χ2v) is 5.51. The number of anilines is 1. The first-order valence-electron chi connectivity index (χ1n) is 6.93. The van der Waals surface area contributed by atoms with Crippen LogP contribution >= 0.6 is 0 Å². The van der Waals surface area contributed by atoms with Crippen LogP contribution in [0, 0.1) is 20.8 Å². The van der Waals surface area contributed by atoms with Crippen molar-refractivity contribution in [3.63, 3.8) is 0 Å². The number of nitrogens with one attached hydrogen (secondary N) is 1. The van der Waals surface area contributed by atoms with Crippen LogP contribution in [-0.4, -0.2) is 15.1 Å². The Morgan fingerprint density at radius 2 is 1.80 bits per heavy atom. The first kappa shape index (κ1) is 14.5. The van der Waals surface area contributed by atoms with Gasteiger partial charge in [-0.1, -0.05) is 19.0 Å². The Kier molecular flexibility index (Phi) is 4.06. The van der Waals surface area contributed by atoms with Gasteiger partial charge in [0.25, 0.3) is 0 Å². The summed E-state index contributed by atoms with van der Waals surface area (Å²) in [5, 5.41) is 7.41. The number of hydrogen-bond acceptors (Lipinski definition) is 5. The van der Waals surface area contributed by atoms with Gasteiger partial charge in [-0.05, 0) is 27.7 Å². The largest absolute Gasteiger partial charge is 0.363 e. The SMILES string of the molecule is Cc1cc(NC(C)c2c(C)noc2C)nc(C(C)C)n1. The maximum atomic E-state index is 5.22. The number of aryl methyl sites for hydroxylation is 3. The molecule has 5 heteroatoms. The van der Waals surface area contributed by atoms with Crippen LogP contribution in [0.15, 0.2) is 10.6 Å². The van der Waals surface area contributed by atoms with Crippen LogP contribution in [0.2, 0.25) is 0 Å². The van der Waals surface area contributed by atoms with Gasteiger partial charge < -0.3 is 9.84 Å². The maximum Gasteiger partial charge on any atom is 0.139 e. The molecule has 2 heterocycles. The molecule has 0 saturated carbocycles. The summed E-state index contributed by atoms with van der Waals surface area (Å²) >= 11 is 0. The first-order chi connectivity index (χ1) is 9.38. The molecule has 0 aliphatic heterocycles. The van der Waals surface area contributed by atoms with E-state index in [0.29, 0.717) is 5.92 Å². The predicted molar refractivity (Wildman–Crippen MR) is 78.9 cm³/mol. The molecule has 1 N–H and O–H groups in total. The Bertz CT molecular complexity index is 584. The van der Waals surface area contributed by atoms with Gasteiger partial charge in [0.1, 0.15) is 17.4 Å². The van der Waals surface area contributed by atoms with E-state index in [1.807, 2.05) is 26.8 Å². The van der Waals surface area contributed by atoms with Gasteiger partial charge in [0.05, 0.1) is 11.7 Å². The summed E-state index contributed by atoms with van der Waals surface area (Å²) in [5.74, 6) is 2.86. The third kappa shape index (κ3) is 2.98. The van der Waals surface area contributed by atoms with Crippen molar-refractivity contribution >= 4 is 5.82 Å². The molecule has 2 aromatic rings. The molecule has 0 radical (unpaired) electrons. The van der Waals surface area contributed by atoms with Crippen LogP contribution in [0.25, 0.3) is 0 Å². The quantitative estimate of drug-likeness (QED) is 0.921. The highest BCUT2D eigenvalue weighted by atomic mass is 16.5. The summed E-state index contributed by atoms with van der Waals surface area (Å²) in [7, 11) is 0. The molecule has 2 rings (SSSR count). The molecule has 0 aliphatic rings. The standard InChI is InChI=1S/C15H22N4O/c1-8(2)15-16-9(3)7-13(18-15)17-10(4)14-11(5)19-20-12(14)6/h7-8,10H,1-6H3,(H,16,17,18). The molecule has 108 valence electrons. The maximum absolute atomic E-state index is 5.22. The fourth-order valence-corrected chi connectivity index (χ4v) is 2.33. The van der Waals surface area contributed by atoms with E-state index in [1.165, 1.54) is 0 Å². The summed E-state index contributed by atoms with van der Waals surface area (Å²) < 4.78 is 5.22. The molecule has 0 bridgehead atoms. The van der Waals surface area contributed by atoms with Crippen molar-refractivity contribution in [1.29, 1.82) is 0 Å². The van der Waals surface area contributed by atoms with E-state index in [-0.39, 0.29) is 6.04 Å². The molecule has 0 saturated heterocycles. The van der Waals surface area contributed by atoms with Gasteiger partial charge in [0, 0.05) is 23.2 Å². The molecule has 1 atom stereocenters. The van der Waals surface area contributed by atoms with Crippen LogP contribution in [0.5, 0.6) is 0 Å². The molecular weight excluding hydrogens is 252 g/mol. The van der Waals surface area contributed by atoms with E-state index >= 15 is 0 Å². The summed E-state index contributed by atoms with van der Waals surface area (Å²) in [5.41, 5.74) is 2.97. The average molecular weight is 274 g/mol. The van der Waals surface area contributed by atoms with Gasteiger partial charge in [-0.15, -0.1) is 0 Å². The van der Waals surface area contributed by atoms with Crippen molar-refractivity contribution in [3.05, 3.63) is 34.6 Å². The minimum atomic E-state index is 0.0931. The van der Waals surface area contributed by atoms with Crippen molar-refractivity contribution < 1.29 is 4.52 Å². The van der Waals surface area contributed by atoms with E-state index in [2.05, 4.69) is 41.2 Å². The topological polar surface area (TPSA) is 63.8 Å². The van der Waals surface area contributed by atoms with Gasteiger partial charge in [0.2, 0.25) is 0 Å². The highest BCUT2D eigenvalue weighted by Crippen LogP contribution is 2.25. The van der Waals surface area contributed by atoms with Gasteiger partial charge in [-0.3, -0.25) is 0 Å². The predicted octanol–water partition coefficient (Wildman–Crippen LogP) is 3.69. The summed E-state index contributed by atoms with van der Waals surface area (Å²) in [6.07, 6.45) is 0. The Hall–Kier alpha value is -1.91. The van der Waals surface area contributed by atoms with E-state index in [1.54, 1.807) is 0 Å². The third-order valence-electron chi connectivity index (χ3n) is 3.27. The number of aromatic nitrogens is 3. The Balaban J connectivity index is 2.26. The lowest BCUT2D eigenvalue weighted by Gasteiger charge is -2.16. The zero-order valence-electron chi connectivity index (χ0n) is 13.0. The lowest BCUT2D eigenvalue weighted by atomic mass is 10.1. The molecular formula is C15H22N4O. The van der Waals surface area contributed by atoms with Crippen LogP contribution in [0.3, 0.4) is 0 Å². The summed E-state index contributed by atoms with van der Waals surface area (Å²) in [4.78, 5) is 9.03. The molecule has 1 unspecified atom stereocenters. The third-order valence-corrected chi connectivity index (χ3v) is 3.27. The van der Waals surface area contributed by atoms with Gasteiger partial charge in [-0.2, -0.15) is 0 Å². The monoisotopic (exact) mass is 274 g/mol. The Morgan fingerprint density at radius 3 is 2.35 bits per heavy atom. The molecule has 2 aromatic heterocycles. The van der Waals surface area contributed by atoms with Crippen LogP contribution < -0.4 is 5.32 Å². The molecule has 0 aromatic carbocycles. The van der Waals surface area contributed by atoms with E-state index in [9.17, 15) is 0 Å². The molecule has 0 amide bonds. The molecule has 0 fully saturated rings. The zero-order chi connectivity index (χ0) is 14.9. The molecule has 20 heavy (non-hydrogen) atoms. The van der Waals surface area contributed by atoms with Gasteiger partial charge in [-0.25, -0.2) is 9.97 Å². The normalized spacial score (nSPS) is 12.8. The highest BCUT2D eigenvalue weighted by Gasteiger charge is 2.17. The number of nitrogens with zero attached hydrogens (tertiary/aromatic N) is 3. The minimum absolute atomic E-state index is 0.0931. The zero-order valence-corrected chi connectivity index (χ0v) is 13.0. The fraction of sp³-hybridized carbons (Fsp3) is 0.533. The number of rotatable bonds is 4. The minimum Gasteiger partial charge on any atom is -0.363 e. The van der Waals surface area contributed by atoms with Crippen LogP contribution in [0.1, 0.15) is 61.3 Å². The highest BCUT2D eigenvalue weighted by molar-refractivity contribution is 5.41. The van der Waals surface area contributed by atoms with E-state index in [4.69, 9.17) is 4.52 Å². The first-order valence-corrected chi connectivity index (χ1v) is 6.93. The molecule has 0 spiro atoms. The average Bonchev–Trinajstić information content (AvgIpc) is 2.68. The van der Waals surface area contributed by atoms with Crippen molar-refractivity contribution in [2.75, 3.05) is 5.32 Å². The van der Waals surface area contributed by atoms with Crippen LogP contribution in [0.4, 0.5) is 5.82 Å². The van der Waals surface area contributed by atoms with Crippen molar-refractivity contribution in [1.82, 2.24) is 15.1 Å². The van der Waals surface area contributed by atoms with E-state index < -0.39 is 0 Å².